The van der Waals surface area contributed by atoms with Crippen molar-refractivity contribution in [2.24, 2.45) is 0 Å². The molecule has 1 unspecified atom stereocenters. The van der Waals surface area contributed by atoms with Gasteiger partial charge in [0, 0.05) is 18.7 Å². The largest absolute Gasteiger partial charge is 0.633 e. The normalized spacial score (nSPS) is 23.9. The van der Waals surface area contributed by atoms with Gasteiger partial charge in [-0.2, -0.15) is 0 Å². The summed E-state index contributed by atoms with van der Waals surface area (Å²) < 4.78 is 0. The highest BCUT2D eigenvalue weighted by molar-refractivity contribution is 5.25. The van der Waals surface area contributed by atoms with Gasteiger partial charge in [-0.3, -0.25) is 4.90 Å². The maximum absolute atomic E-state index is 12.4. The summed E-state index contributed by atoms with van der Waals surface area (Å²) in [7, 11) is 2.11. The number of hydrogen-bond acceptors (Lipinski definition) is 2. The number of nitrogens with one attached hydrogen (secondary N) is 1. The van der Waals surface area contributed by atoms with Crippen LogP contribution < -0.4 is 5.06 Å². The maximum atomic E-state index is 12.4. The highest BCUT2D eigenvalue weighted by Crippen LogP contribution is 2.25. The first-order valence-corrected chi connectivity index (χ1v) is 7.23. The predicted molar refractivity (Wildman–Crippen MR) is 83.3 cm³/mol. The zero-order chi connectivity index (χ0) is 15.0. The number of rotatable bonds is 4. The summed E-state index contributed by atoms with van der Waals surface area (Å²) in [6, 6.07) is 10.4. The third-order valence-corrected chi connectivity index (χ3v) is 4.23. The lowest BCUT2D eigenvalue weighted by Gasteiger charge is -2.42. The Hall–Kier alpha value is -1.16. The number of hydrogen-bond donors (Lipinski definition) is 1. The minimum atomic E-state index is -0.339. The molecule has 1 atom stereocenters. The van der Waals surface area contributed by atoms with Gasteiger partial charge >= 0.3 is 0 Å². The van der Waals surface area contributed by atoms with E-state index >= 15 is 0 Å². The van der Waals surface area contributed by atoms with Crippen molar-refractivity contribution >= 4 is 0 Å². The Morgan fingerprint density at radius 1 is 1.05 bits per heavy atom. The van der Waals surface area contributed by atoms with Crippen molar-refractivity contribution in [3.63, 3.8) is 0 Å². The van der Waals surface area contributed by atoms with Gasteiger partial charge in [0.25, 0.3) is 0 Å². The van der Waals surface area contributed by atoms with E-state index in [1.54, 1.807) is 0 Å². The molecular weight excluding hydrogens is 248 g/mol. The van der Waals surface area contributed by atoms with Crippen molar-refractivity contribution in [2.75, 3.05) is 13.6 Å². The lowest BCUT2D eigenvalue weighted by Crippen LogP contribution is -3.20. The van der Waals surface area contributed by atoms with E-state index in [0.717, 1.165) is 13.1 Å². The van der Waals surface area contributed by atoms with E-state index in [9.17, 15) is 5.21 Å². The molecule has 0 radical (unpaired) electrons. The van der Waals surface area contributed by atoms with E-state index in [2.05, 4.69) is 42.3 Å². The molecule has 0 bridgehead atoms. The van der Waals surface area contributed by atoms with Crippen LogP contribution >= 0.6 is 0 Å². The van der Waals surface area contributed by atoms with Gasteiger partial charge in [-0.15, -0.1) is 0 Å². The van der Waals surface area contributed by atoms with Crippen LogP contribution in [0.1, 0.15) is 33.3 Å². The van der Waals surface area contributed by atoms with E-state index in [1.165, 1.54) is 11.1 Å². The van der Waals surface area contributed by atoms with E-state index in [1.807, 2.05) is 33.8 Å². The minimum absolute atomic E-state index is 0.327. The summed E-state index contributed by atoms with van der Waals surface area (Å²) in [5.41, 5.74) is 1.88. The number of nitrogens with zero attached hydrogens (tertiary/aromatic N) is 1. The maximum Gasteiger partial charge on any atom is 0.115 e. The van der Waals surface area contributed by atoms with Crippen LogP contribution in [-0.4, -0.2) is 29.6 Å². The van der Waals surface area contributed by atoms with Crippen LogP contribution in [0.5, 0.6) is 0 Å². The Balaban J connectivity index is 2.06. The Morgan fingerprint density at radius 2 is 1.65 bits per heavy atom. The summed E-state index contributed by atoms with van der Waals surface area (Å²) in [5.74, 6) is 0. The molecular formula is C17H26N2O. The van der Waals surface area contributed by atoms with Crippen LogP contribution in [0.15, 0.2) is 42.0 Å². The molecule has 1 aliphatic rings. The fourth-order valence-corrected chi connectivity index (χ4v) is 3.12. The topological polar surface area (TPSA) is 30.7 Å². The van der Waals surface area contributed by atoms with Crippen molar-refractivity contribution in [3.8, 4) is 0 Å². The van der Waals surface area contributed by atoms with Gasteiger partial charge in [-0.1, -0.05) is 30.3 Å². The van der Waals surface area contributed by atoms with Gasteiger partial charge in [-0.25, -0.2) is 0 Å². The van der Waals surface area contributed by atoms with Gasteiger partial charge in [0.2, 0.25) is 0 Å². The first kappa shape index (κ1) is 15.2. The third kappa shape index (κ3) is 2.95. The highest BCUT2D eigenvalue weighted by Gasteiger charge is 2.45. The Bertz CT molecular complexity index is 491. The molecule has 0 saturated carbocycles. The Labute approximate surface area is 122 Å². The smallest absolute Gasteiger partial charge is 0.115 e. The average Bonchev–Trinajstić information content (AvgIpc) is 2.51. The predicted octanol–water partition coefficient (Wildman–Crippen LogP) is 2.00. The van der Waals surface area contributed by atoms with Crippen molar-refractivity contribution in [3.05, 3.63) is 52.8 Å². The van der Waals surface area contributed by atoms with Gasteiger partial charge in [-0.05, 0) is 46.4 Å². The first-order chi connectivity index (χ1) is 9.23. The summed E-state index contributed by atoms with van der Waals surface area (Å²) in [6.07, 6.45) is 2.16. The van der Waals surface area contributed by atoms with Crippen molar-refractivity contribution < 1.29 is 5.06 Å². The molecule has 1 heterocycles. The minimum Gasteiger partial charge on any atom is -0.633 e. The molecule has 1 aromatic carbocycles. The molecule has 20 heavy (non-hydrogen) atoms. The zero-order valence-electron chi connectivity index (χ0n) is 13.2. The molecule has 3 heteroatoms. The van der Waals surface area contributed by atoms with E-state index < -0.39 is 0 Å². The van der Waals surface area contributed by atoms with Crippen LogP contribution in [0.4, 0.5) is 0 Å². The molecule has 2 rings (SSSR count). The van der Waals surface area contributed by atoms with Crippen molar-refractivity contribution in [1.29, 1.82) is 0 Å². The quantitative estimate of drug-likeness (QED) is 0.672. The number of quaternary nitrogens is 1. The average molecular weight is 274 g/mol. The van der Waals surface area contributed by atoms with Gasteiger partial charge in [0.1, 0.15) is 11.1 Å². The third-order valence-electron chi connectivity index (χ3n) is 4.23. The van der Waals surface area contributed by atoms with Crippen LogP contribution in [0.2, 0.25) is 0 Å². The lowest BCUT2D eigenvalue weighted by molar-refractivity contribution is -0.927. The highest BCUT2D eigenvalue weighted by atomic mass is 16.5. The van der Waals surface area contributed by atoms with Crippen LogP contribution in [0.25, 0.3) is 0 Å². The molecule has 1 aromatic rings. The standard InChI is InChI=1S/C17H26N2O/c1-16(2)11-15(17(3,4)19(16)20)13-18(5)12-14-9-7-6-8-10-14/h6-11,19H,12-13H2,1-5H3. The molecule has 110 valence electrons. The SMILES string of the molecule is CN(CC1=CC(C)(C)[NH+]([O-])C1(C)C)Cc1ccccc1. The van der Waals surface area contributed by atoms with Crippen LogP contribution in [0.3, 0.4) is 0 Å². The monoisotopic (exact) mass is 274 g/mol. The van der Waals surface area contributed by atoms with E-state index in [-0.39, 0.29) is 11.1 Å². The fourth-order valence-electron chi connectivity index (χ4n) is 3.12. The van der Waals surface area contributed by atoms with Crippen LogP contribution in [-0.2, 0) is 6.54 Å². The second-order valence-electron chi connectivity index (χ2n) is 7.00. The summed E-state index contributed by atoms with van der Waals surface area (Å²) >= 11 is 0. The molecule has 0 amide bonds. The second kappa shape index (κ2) is 5.32. The molecule has 0 saturated heterocycles. The molecule has 0 aromatic heterocycles. The summed E-state index contributed by atoms with van der Waals surface area (Å²) in [5, 5.41) is 12.8. The van der Waals surface area contributed by atoms with E-state index in [4.69, 9.17) is 0 Å². The summed E-state index contributed by atoms with van der Waals surface area (Å²) in [6.45, 7) is 9.88. The Morgan fingerprint density at radius 3 is 2.15 bits per heavy atom. The number of likely N-dealkylation sites (N-methyl/N-ethyl adjacent to an activating group) is 1. The first-order valence-electron chi connectivity index (χ1n) is 7.23. The van der Waals surface area contributed by atoms with Crippen molar-refractivity contribution in [1.82, 2.24) is 4.90 Å². The summed E-state index contributed by atoms with van der Waals surface area (Å²) in [4.78, 5) is 2.28. The number of benzene rings is 1. The lowest BCUT2D eigenvalue weighted by atomic mass is 9.96. The number of hydroxylamine groups is 2. The Kier molecular flexibility index (Phi) is 4.05. The van der Waals surface area contributed by atoms with Gasteiger partial charge in [0.15, 0.2) is 0 Å². The zero-order valence-corrected chi connectivity index (χ0v) is 13.2. The molecule has 0 fully saturated rings. The molecule has 0 spiro atoms. The molecule has 1 aliphatic heterocycles. The van der Waals surface area contributed by atoms with Gasteiger partial charge < -0.3 is 10.3 Å². The molecule has 3 nitrogen and oxygen atoms in total. The van der Waals surface area contributed by atoms with E-state index in [0.29, 0.717) is 5.06 Å². The fraction of sp³-hybridized carbons (Fsp3) is 0.529. The molecule has 0 aliphatic carbocycles. The van der Waals surface area contributed by atoms with Gasteiger partial charge in [0.05, 0.1) is 0 Å². The second-order valence-corrected chi connectivity index (χ2v) is 7.00. The van der Waals surface area contributed by atoms with Crippen LogP contribution in [0, 0.1) is 5.21 Å². The van der Waals surface area contributed by atoms with Crippen molar-refractivity contribution in [2.45, 2.75) is 45.3 Å². The molecule has 1 N–H and O–H groups in total.